The quantitative estimate of drug-likeness (QED) is 0.244. The molecule has 5 nitrogen and oxygen atoms in total. The number of nitrogens with one attached hydrogen (secondary N) is 3. The second kappa shape index (κ2) is 11.3. The average molecular weight is 522 g/mol. The maximum absolute atomic E-state index is 13.4. The van der Waals surface area contributed by atoms with Crippen LogP contribution in [-0.2, 0) is 22.2 Å². The third-order valence-electron chi connectivity index (χ3n) is 6.89. The van der Waals surface area contributed by atoms with Crippen LogP contribution in [0.4, 0.5) is 10.5 Å². The van der Waals surface area contributed by atoms with Crippen LogP contribution in [0.25, 0.3) is 10.8 Å². The van der Waals surface area contributed by atoms with Crippen molar-refractivity contribution >= 4 is 28.4 Å². The zero-order chi connectivity index (χ0) is 28.2. The lowest BCUT2D eigenvalue weighted by molar-refractivity contribution is -0.123. The van der Waals surface area contributed by atoms with Crippen molar-refractivity contribution in [3.63, 3.8) is 0 Å². The van der Waals surface area contributed by atoms with E-state index < -0.39 is 12.1 Å². The molecule has 0 unspecified atom stereocenters. The summed E-state index contributed by atoms with van der Waals surface area (Å²) in [6.07, 6.45) is 0. The zero-order valence-corrected chi connectivity index (χ0v) is 23.8. The number of anilines is 1. The minimum Gasteiger partial charge on any atom is -0.350 e. The first kappa shape index (κ1) is 27.9. The fourth-order valence-corrected chi connectivity index (χ4v) is 4.64. The molecule has 0 aliphatic carbocycles. The first-order chi connectivity index (χ1) is 18.4. The molecule has 39 heavy (non-hydrogen) atoms. The van der Waals surface area contributed by atoms with Gasteiger partial charge in [0.25, 0.3) is 0 Å². The van der Waals surface area contributed by atoms with E-state index >= 15 is 0 Å². The van der Waals surface area contributed by atoms with E-state index in [0.29, 0.717) is 12.1 Å². The van der Waals surface area contributed by atoms with E-state index in [1.165, 1.54) is 0 Å². The number of carbonyl (C=O) groups is 2. The summed E-state index contributed by atoms with van der Waals surface area (Å²) in [5.41, 5.74) is 4.36. The van der Waals surface area contributed by atoms with Crippen LogP contribution in [-0.4, -0.2) is 11.9 Å². The molecule has 0 saturated carbocycles. The van der Waals surface area contributed by atoms with Crippen molar-refractivity contribution in [2.75, 3.05) is 5.32 Å². The van der Waals surface area contributed by atoms with Gasteiger partial charge in [0.2, 0.25) is 5.91 Å². The lowest BCUT2D eigenvalue weighted by Gasteiger charge is -2.27. The van der Waals surface area contributed by atoms with Crippen LogP contribution >= 0.6 is 0 Å². The van der Waals surface area contributed by atoms with Crippen LogP contribution in [0.3, 0.4) is 0 Å². The van der Waals surface area contributed by atoms with Gasteiger partial charge in [-0.25, -0.2) is 4.79 Å². The number of fused-ring (bicyclic) bond motifs is 1. The molecule has 5 heteroatoms. The van der Waals surface area contributed by atoms with E-state index in [2.05, 4.69) is 93.9 Å². The highest BCUT2D eigenvalue weighted by molar-refractivity contribution is 5.95. The Bertz CT molecular complexity index is 1460. The Labute approximate surface area is 232 Å². The van der Waals surface area contributed by atoms with Crippen molar-refractivity contribution in [2.24, 2.45) is 0 Å². The van der Waals surface area contributed by atoms with Crippen LogP contribution in [0.1, 0.15) is 69.8 Å². The summed E-state index contributed by atoms with van der Waals surface area (Å²) in [7, 11) is 0. The first-order valence-electron chi connectivity index (χ1n) is 13.4. The molecule has 4 aromatic rings. The molecule has 4 rings (SSSR count). The molecule has 0 aromatic heterocycles. The Morgan fingerprint density at radius 3 is 2.05 bits per heavy atom. The van der Waals surface area contributed by atoms with Gasteiger partial charge in [-0.15, -0.1) is 0 Å². The van der Waals surface area contributed by atoms with Gasteiger partial charge in [-0.2, -0.15) is 0 Å². The third-order valence-corrected chi connectivity index (χ3v) is 6.89. The highest BCUT2D eigenvalue weighted by atomic mass is 16.2. The maximum Gasteiger partial charge on any atom is 0.320 e. The smallest absolute Gasteiger partial charge is 0.320 e. The first-order valence-corrected chi connectivity index (χ1v) is 13.4. The second-order valence-corrected chi connectivity index (χ2v) is 12.1. The van der Waals surface area contributed by atoms with Gasteiger partial charge < -0.3 is 16.0 Å². The van der Waals surface area contributed by atoms with E-state index in [1.807, 2.05) is 54.6 Å². The van der Waals surface area contributed by atoms with E-state index in [0.717, 1.165) is 33.2 Å². The molecule has 202 valence electrons. The van der Waals surface area contributed by atoms with E-state index in [1.54, 1.807) is 0 Å². The molecule has 0 aliphatic rings. The van der Waals surface area contributed by atoms with Gasteiger partial charge in [0.1, 0.15) is 6.04 Å². The van der Waals surface area contributed by atoms with Crippen molar-refractivity contribution < 1.29 is 9.59 Å². The minimum absolute atomic E-state index is 0.0709. The van der Waals surface area contributed by atoms with Gasteiger partial charge in [0, 0.05) is 12.2 Å². The SMILES string of the molecule is CC(C)(C)c1ccc(C(C)(C)C)c(NC(=O)N[C@@H](C(=O)NCc2ccc3ccccc3c2)c2ccccc2)c1. The molecule has 0 fully saturated rings. The predicted molar refractivity (Wildman–Crippen MR) is 161 cm³/mol. The van der Waals surface area contributed by atoms with E-state index in [9.17, 15) is 9.59 Å². The molecule has 0 aliphatic heterocycles. The molecule has 0 radical (unpaired) electrons. The van der Waals surface area contributed by atoms with Gasteiger partial charge >= 0.3 is 6.03 Å². The number of rotatable bonds is 6. The van der Waals surface area contributed by atoms with Gasteiger partial charge in [0.05, 0.1) is 0 Å². The lowest BCUT2D eigenvalue weighted by atomic mass is 9.81. The zero-order valence-electron chi connectivity index (χ0n) is 23.8. The Morgan fingerprint density at radius 2 is 1.38 bits per heavy atom. The second-order valence-electron chi connectivity index (χ2n) is 12.1. The molecule has 0 saturated heterocycles. The molecule has 0 bridgehead atoms. The van der Waals surface area contributed by atoms with Crippen molar-refractivity contribution in [3.8, 4) is 0 Å². The Kier molecular flexibility index (Phi) is 8.10. The monoisotopic (exact) mass is 521 g/mol. The van der Waals surface area contributed by atoms with Gasteiger partial charge in [-0.05, 0) is 56.0 Å². The summed E-state index contributed by atoms with van der Waals surface area (Å²) in [5, 5.41) is 11.3. The van der Waals surface area contributed by atoms with Crippen LogP contribution in [0.5, 0.6) is 0 Å². The normalized spacial score (nSPS) is 12.6. The number of hydrogen-bond donors (Lipinski definition) is 3. The molecule has 1 atom stereocenters. The summed E-state index contributed by atoms with van der Waals surface area (Å²) < 4.78 is 0. The Morgan fingerprint density at radius 1 is 0.718 bits per heavy atom. The summed E-state index contributed by atoms with van der Waals surface area (Å²) in [5.74, 6) is -0.274. The summed E-state index contributed by atoms with van der Waals surface area (Å²) in [6, 6.07) is 28.5. The van der Waals surface area contributed by atoms with Crippen LogP contribution < -0.4 is 16.0 Å². The molecular formula is C34H39N3O2. The van der Waals surface area contributed by atoms with Crippen LogP contribution in [0.2, 0.25) is 0 Å². The van der Waals surface area contributed by atoms with Crippen molar-refractivity contribution in [3.05, 3.63) is 113 Å². The maximum atomic E-state index is 13.4. The summed E-state index contributed by atoms with van der Waals surface area (Å²) in [6.45, 7) is 13.2. The van der Waals surface area contributed by atoms with Crippen LogP contribution in [0, 0.1) is 0 Å². The van der Waals surface area contributed by atoms with Gasteiger partial charge in [-0.3, -0.25) is 4.79 Å². The van der Waals surface area contributed by atoms with Crippen molar-refractivity contribution in [1.29, 1.82) is 0 Å². The van der Waals surface area contributed by atoms with Crippen molar-refractivity contribution in [2.45, 2.75) is 65.0 Å². The fourth-order valence-electron chi connectivity index (χ4n) is 4.64. The number of benzene rings is 4. The molecular weight excluding hydrogens is 482 g/mol. The lowest BCUT2D eigenvalue weighted by Crippen LogP contribution is -2.42. The molecule has 4 aromatic carbocycles. The van der Waals surface area contributed by atoms with Crippen molar-refractivity contribution in [1.82, 2.24) is 10.6 Å². The summed E-state index contributed by atoms with van der Waals surface area (Å²) in [4.78, 5) is 26.8. The highest BCUT2D eigenvalue weighted by Gasteiger charge is 2.26. The molecule has 0 heterocycles. The topological polar surface area (TPSA) is 70.2 Å². The number of hydrogen-bond acceptors (Lipinski definition) is 2. The Hall–Kier alpha value is -4.12. The highest BCUT2D eigenvalue weighted by Crippen LogP contribution is 2.34. The number of amides is 3. The average Bonchev–Trinajstić information content (AvgIpc) is 2.89. The largest absolute Gasteiger partial charge is 0.350 e. The predicted octanol–water partition coefficient (Wildman–Crippen LogP) is 7.61. The molecule has 3 amide bonds. The Balaban J connectivity index is 1.54. The summed E-state index contributed by atoms with van der Waals surface area (Å²) >= 11 is 0. The van der Waals surface area contributed by atoms with E-state index in [-0.39, 0.29) is 16.7 Å². The standard InChI is InChI=1S/C34H39N3O2/c1-33(2,3)27-18-19-28(34(4,5)6)29(21-27)36-32(39)37-30(25-13-8-7-9-14-25)31(38)35-22-23-16-17-24-12-10-11-15-26(24)20-23/h7-21,30H,22H2,1-6H3,(H,35,38)(H2,36,37,39)/t30-/m1/s1. The number of carbonyl (C=O) groups excluding carboxylic acids is 2. The van der Waals surface area contributed by atoms with Crippen LogP contribution in [0.15, 0.2) is 91.0 Å². The van der Waals surface area contributed by atoms with E-state index in [4.69, 9.17) is 0 Å². The van der Waals surface area contributed by atoms with Gasteiger partial charge in [0.15, 0.2) is 0 Å². The minimum atomic E-state index is -0.851. The molecule has 0 spiro atoms. The number of urea groups is 1. The molecule has 3 N–H and O–H groups in total. The third kappa shape index (κ3) is 7.05. The fraction of sp³-hybridized carbons (Fsp3) is 0.294. The van der Waals surface area contributed by atoms with Gasteiger partial charge in [-0.1, -0.05) is 120 Å².